The zero-order valence-corrected chi connectivity index (χ0v) is 9.87. The normalized spacial score (nSPS) is 16.4. The second kappa shape index (κ2) is 4.24. The first-order chi connectivity index (χ1) is 8.04. The molecule has 0 bridgehead atoms. The molecule has 0 fully saturated rings. The molecule has 1 atom stereocenters. The molecule has 0 saturated carbocycles. The summed E-state index contributed by atoms with van der Waals surface area (Å²) in [5.41, 5.74) is 6.10. The lowest BCUT2D eigenvalue weighted by Gasteiger charge is -2.33. The lowest BCUT2D eigenvalue weighted by molar-refractivity contribution is -0.121. The summed E-state index contributed by atoms with van der Waals surface area (Å²) < 4.78 is 18.5. The van der Waals surface area contributed by atoms with Crippen molar-refractivity contribution in [2.45, 2.75) is 26.3 Å². The van der Waals surface area contributed by atoms with Crippen molar-refractivity contribution in [3.8, 4) is 5.75 Å². The van der Waals surface area contributed by atoms with Crippen molar-refractivity contribution in [1.29, 1.82) is 0 Å². The number of amides is 1. The van der Waals surface area contributed by atoms with E-state index in [-0.39, 0.29) is 24.2 Å². The Bertz CT molecular complexity index is 462. The monoisotopic (exact) mass is 238 g/mol. The molecule has 1 aliphatic heterocycles. The molecule has 1 unspecified atom stereocenters. The summed E-state index contributed by atoms with van der Waals surface area (Å²) >= 11 is 0. The van der Waals surface area contributed by atoms with Gasteiger partial charge in [-0.1, -0.05) is 6.92 Å². The van der Waals surface area contributed by atoms with E-state index in [4.69, 9.17) is 10.5 Å². The van der Waals surface area contributed by atoms with Gasteiger partial charge in [-0.15, -0.1) is 0 Å². The average Bonchev–Trinajstić information content (AvgIpc) is 2.30. The van der Waals surface area contributed by atoms with Gasteiger partial charge in [0.2, 0.25) is 0 Å². The molecule has 1 heterocycles. The number of hydrogen-bond acceptors (Lipinski definition) is 3. The minimum atomic E-state index is -0.526. The zero-order valence-electron chi connectivity index (χ0n) is 9.87. The first kappa shape index (κ1) is 11.7. The third-order valence-electron chi connectivity index (χ3n) is 2.99. The number of nitrogens with two attached hydrogens (primary N) is 1. The number of hydrogen-bond donors (Lipinski definition) is 1. The SMILES string of the molecule is CCC(C)N1C(=O)COc2cc(F)c(N)cc21. The van der Waals surface area contributed by atoms with Crippen molar-refractivity contribution >= 4 is 17.3 Å². The predicted molar refractivity (Wildman–Crippen MR) is 63.5 cm³/mol. The summed E-state index contributed by atoms with van der Waals surface area (Å²) in [5, 5.41) is 0. The molecule has 4 nitrogen and oxygen atoms in total. The number of rotatable bonds is 2. The summed E-state index contributed by atoms with van der Waals surface area (Å²) in [6.07, 6.45) is 0.808. The Morgan fingerprint density at radius 3 is 2.94 bits per heavy atom. The van der Waals surface area contributed by atoms with E-state index in [9.17, 15) is 9.18 Å². The predicted octanol–water partition coefficient (Wildman–Crippen LogP) is 1.93. The number of nitrogen functional groups attached to an aromatic ring is 1. The molecular formula is C12H15FN2O2. The quantitative estimate of drug-likeness (QED) is 0.801. The first-order valence-electron chi connectivity index (χ1n) is 5.58. The number of benzene rings is 1. The van der Waals surface area contributed by atoms with Crippen LogP contribution in [-0.4, -0.2) is 18.6 Å². The Hall–Kier alpha value is -1.78. The molecule has 1 aliphatic rings. The minimum Gasteiger partial charge on any atom is -0.481 e. The maximum absolute atomic E-state index is 13.3. The lowest BCUT2D eigenvalue weighted by atomic mass is 10.1. The minimum absolute atomic E-state index is 0.0235. The van der Waals surface area contributed by atoms with Gasteiger partial charge >= 0.3 is 0 Å². The van der Waals surface area contributed by atoms with Gasteiger partial charge in [-0.2, -0.15) is 0 Å². The fraction of sp³-hybridized carbons (Fsp3) is 0.417. The second-order valence-electron chi connectivity index (χ2n) is 4.15. The van der Waals surface area contributed by atoms with Gasteiger partial charge in [0.25, 0.3) is 5.91 Å². The van der Waals surface area contributed by atoms with Gasteiger partial charge in [0, 0.05) is 12.1 Å². The van der Waals surface area contributed by atoms with E-state index < -0.39 is 5.82 Å². The summed E-state index contributed by atoms with van der Waals surface area (Å²) in [6, 6.07) is 2.72. The van der Waals surface area contributed by atoms with Crippen molar-refractivity contribution in [3.05, 3.63) is 17.9 Å². The van der Waals surface area contributed by atoms with E-state index in [1.165, 1.54) is 12.1 Å². The Morgan fingerprint density at radius 2 is 2.29 bits per heavy atom. The van der Waals surface area contributed by atoms with Gasteiger partial charge in [-0.25, -0.2) is 4.39 Å². The van der Waals surface area contributed by atoms with E-state index in [0.29, 0.717) is 11.4 Å². The molecule has 1 aromatic carbocycles. The van der Waals surface area contributed by atoms with Gasteiger partial charge in [0.05, 0.1) is 11.4 Å². The number of nitrogens with zero attached hydrogens (tertiary/aromatic N) is 1. The molecular weight excluding hydrogens is 223 g/mol. The van der Waals surface area contributed by atoms with E-state index in [2.05, 4.69) is 0 Å². The van der Waals surface area contributed by atoms with Crippen LogP contribution in [-0.2, 0) is 4.79 Å². The van der Waals surface area contributed by atoms with Crippen molar-refractivity contribution in [3.63, 3.8) is 0 Å². The third-order valence-corrected chi connectivity index (χ3v) is 2.99. The Kier molecular flexibility index (Phi) is 2.92. The molecule has 0 radical (unpaired) electrons. The molecule has 17 heavy (non-hydrogen) atoms. The van der Waals surface area contributed by atoms with Crippen molar-refractivity contribution in [2.24, 2.45) is 0 Å². The summed E-state index contributed by atoms with van der Waals surface area (Å²) in [5.74, 6) is -0.281. The van der Waals surface area contributed by atoms with Gasteiger partial charge in [0.15, 0.2) is 6.61 Å². The van der Waals surface area contributed by atoms with Crippen molar-refractivity contribution in [2.75, 3.05) is 17.2 Å². The van der Waals surface area contributed by atoms with E-state index >= 15 is 0 Å². The molecule has 0 aliphatic carbocycles. The standard InChI is InChI=1S/C12H15FN2O2/c1-3-7(2)15-10-5-9(14)8(13)4-11(10)17-6-12(15)16/h4-5,7H,3,6,14H2,1-2H3. The smallest absolute Gasteiger partial charge is 0.265 e. The van der Waals surface area contributed by atoms with Gasteiger partial charge in [-0.3, -0.25) is 4.79 Å². The topological polar surface area (TPSA) is 55.6 Å². The second-order valence-corrected chi connectivity index (χ2v) is 4.15. The van der Waals surface area contributed by atoms with Crippen LogP contribution in [0.5, 0.6) is 5.75 Å². The highest BCUT2D eigenvalue weighted by Gasteiger charge is 2.29. The number of halogens is 1. The number of carbonyl (C=O) groups is 1. The van der Waals surface area contributed by atoms with Crippen LogP contribution in [0.4, 0.5) is 15.8 Å². The fourth-order valence-electron chi connectivity index (χ4n) is 1.87. The van der Waals surface area contributed by atoms with Crippen LogP contribution in [0.1, 0.15) is 20.3 Å². The fourth-order valence-corrected chi connectivity index (χ4v) is 1.87. The summed E-state index contributed by atoms with van der Waals surface area (Å²) in [4.78, 5) is 13.4. The highest BCUT2D eigenvalue weighted by atomic mass is 19.1. The average molecular weight is 238 g/mol. The first-order valence-corrected chi connectivity index (χ1v) is 5.58. The van der Waals surface area contributed by atoms with Crippen LogP contribution >= 0.6 is 0 Å². The Morgan fingerprint density at radius 1 is 1.59 bits per heavy atom. The molecule has 0 spiro atoms. The van der Waals surface area contributed by atoms with Crippen LogP contribution < -0.4 is 15.4 Å². The molecule has 0 aromatic heterocycles. The summed E-state index contributed by atoms with van der Waals surface area (Å²) in [7, 11) is 0. The van der Waals surface area contributed by atoms with Crippen molar-refractivity contribution < 1.29 is 13.9 Å². The number of ether oxygens (including phenoxy) is 1. The highest BCUT2D eigenvalue weighted by molar-refractivity contribution is 5.98. The van der Waals surface area contributed by atoms with Gasteiger partial charge in [0.1, 0.15) is 11.6 Å². The number of fused-ring (bicyclic) bond motifs is 1. The summed E-state index contributed by atoms with van der Waals surface area (Å²) in [6.45, 7) is 3.87. The van der Waals surface area contributed by atoms with E-state index in [1.54, 1.807) is 4.90 Å². The molecule has 1 amide bonds. The van der Waals surface area contributed by atoms with Crippen molar-refractivity contribution in [1.82, 2.24) is 0 Å². The van der Waals surface area contributed by atoms with Crippen LogP contribution in [0.3, 0.4) is 0 Å². The zero-order chi connectivity index (χ0) is 12.6. The number of anilines is 2. The maximum atomic E-state index is 13.3. The van der Waals surface area contributed by atoms with Crippen LogP contribution in [0.15, 0.2) is 12.1 Å². The van der Waals surface area contributed by atoms with Gasteiger partial charge in [-0.05, 0) is 19.4 Å². The van der Waals surface area contributed by atoms with Gasteiger partial charge < -0.3 is 15.4 Å². The van der Waals surface area contributed by atoms with Crippen LogP contribution in [0.2, 0.25) is 0 Å². The Balaban J connectivity index is 2.50. The lowest BCUT2D eigenvalue weighted by Crippen LogP contribution is -2.44. The molecule has 92 valence electrons. The third kappa shape index (κ3) is 1.92. The van der Waals surface area contributed by atoms with Crippen LogP contribution in [0, 0.1) is 5.82 Å². The molecule has 2 rings (SSSR count). The van der Waals surface area contributed by atoms with E-state index in [1.807, 2.05) is 13.8 Å². The molecule has 2 N–H and O–H groups in total. The van der Waals surface area contributed by atoms with E-state index in [0.717, 1.165) is 6.42 Å². The molecule has 1 aromatic rings. The Labute approximate surface area is 99.2 Å². The molecule has 5 heteroatoms. The van der Waals surface area contributed by atoms with Crippen LogP contribution in [0.25, 0.3) is 0 Å². The molecule has 0 saturated heterocycles. The maximum Gasteiger partial charge on any atom is 0.265 e. The number of carbonyl (C=O) groups excluding carboxylic acids is 1. The highest BCUT2D eigenvalue weighted by Crippen LogP contribution is 2.36. The largest absolute Gasteiger partial charge is 0.481 e.